The number of aromatic amines is 1. The molecule has 1 amide bonds. The van der Waals surface area contributed by atoms with Gasteiger partial charge < -0.3 is 15.0 Å². The van der Waals surface area contributed by atoms with Crippen molar-refractivity contribution in [2.75, 3.05) is 13.2 Å². The Morgan fingerprint density at radius 1 is 1.33 bits per heavy atom. The average Bonchev–Trinajstić information content (AvgIpc) is 2.78. The summed E-state index contributed by atoms with van der Waals surface area (Å²) in [5.74, 6) is -0.0312. The summed E-state index contributed by atoms with van der Waals surface area (Å²) in [5.41, 5.74) is 5.14. The molecule has 0 spiro atoms. The highest BCUT2D eigenvalue weighted by molar-refractivity contribution is 6.01. The molecule has 2 N–H and O–H groups in total. The number of aromatic nitrogens is 1. The summed E-state index contributed by atoms with van der Waals surface area (Å²) in [6, 6.07) is 4.39. The van der Waals surface area contributed by atoms with E-state index in [1.54, 1.807) is 0 Å². The third kappa shape index (κ3) is 2.68. The zero-order chi connectivity index (χ0) is 15.0. The Balaban J connectivity index is 1.91. The second-order valence-corrected chi connectivity index (χ2v) is 6.02. The van der Waals surface area contributed by atoms with Gasteiger partial charge in [0.15, 0.2) is 0 Å². The molecule has 0 aliphatic carbocycles. The third-order valence-electron chi connectivity index (χ3n) is 4.23. The first-order chi connectivity index (χ1) is 10.1. The van der Waals surface area contributed by atoms with Gasteiger partial charge in [-0.25, -0.2) is 0 Å². The molecule has 1 saturated heterocycles. The number of benzene rings is 1. The number of aryl methyl sites for hydroxylation is 3. The molecule has 1 aliphatic heterocycles. The molecule has 1 aliphatic rings. The fraction of sp³-hybridized carbons (Fsp3) is 0.471. The summed E-state index contributed by atoms with van der Waals surface area (Å²) in [6.07, 6.45) is 2.00. The van der Waals surface area contributed by atoms with E-state index in [0.717, 1.165) is 35.9 Å². The van der Waals surface area contributed by atoms with Crippen LogP contribution >= 0.6 is 0 Å². The molecule has 1 fully saturated rings. The lowest BCUT2D eigenvalue weighted by Crippen LogP contribution is -2.40. The first-order valence-electron chi connectivity index (χ1n) is 7.54. The normalized spacial score (nSPS) is 18.9. The summed E-state index contributed by atoms with van der Waals surface area (Å²) in [6.45, 7) is 7.57. The van der Waals surface area contributed by atoms with Crippen LogP contribution in [0, 0.1) is 20.8 Å². The first kappa shape index (κ1) is 14.1. The molecule has 2 heterocycles. The van der Waals surface area contributed by atoms with Crippen LogP contribution in [0.3, 0.4) is 0 Å². The van der Waals surface area contributed by atoms with Gasteiger partial charge in [-0.2, -0.15) is 0 Å². The molecule has 2 aromatic rings. The van der Waals surface area contributed by atoms with Crippen LogP contribution in [0.25, 0.3) is 10.9 Å². The fourth-order valence-electron chi connectivity index (χ4n) is 3.12. The average molecular weight is 286 g/mol. The van der Waals surface area contributed by atoms with Crippen molar-refractivity contribution in [2.45, 2.75) is 39.7 Å². The summed E-state index contributed by atoms with van der Waals surface area (Å²) in [4.78, 5) is 15.8. The molecule has 0 radical (unpaired) electrons. The number of fused-ring (bicyclic) bond motifs is 1. The van der Waals surface area contributed by atoms with E-state index in [0.29, 0.717) is 12.3 Å². The fourth-order valence-corrected chi connectivity index (χ4v) is 3.12. The highest BCUT2D eigenvalue weighted by Gasteiger charge is 2.20. The summed E-state index contributed by atoms with van der Waals surface area (Å²) >= 11 is 0. The zero-order valence-electron chi connectivity index (χ0n) is 12.9. The van der Waals surface area contributed by atoms with Crippen molar-refractivity contribution in [3.05, 3.63) is 34.5 Å². The Morgan fingerprint density at radius 3 is 2.86 bits per heavy atom. The zero-order valence-corrected chi connectivity index (χ0v) is 12.9. The topological polar surface area (TPSA) is 54.1 Å². The van der Waals surface area contributed by atoms with Crippen LogP contribution in [0.5, 0.6) is 0 Å². The van der Waals surface area contributed by atoms with Gasteiger partial charge in [-0.3, -0.25) is 4.79 Å². The van der Waals surface area contributed by atoms with E-state index in [1.807, 2.05) is 6.92 Å². The molecule has 1 aromatic heterocycles. The van der Waals surface area contributed by atoms with Crippen LogP contribution in [0.2, 0.25) is 0 Å². The van der Waals surface area contributed by atoms with Crippen LogP contribution < -0.4 is 5.32 Å². The second kappa shape index (κ2) is 5.53. The molecule has 0 bridgehead atoms. The summed E-state index contributed by atoms with van der Waals surface area (Å²) in [5, 5.41) is 4.21. The Hall–Kier alpha value is -1.81. The van der Waals surface area contributed by atoms with Crippen LogP contribution in [0.4, 0.5) is 0 Å². The van der Waals surface area contributed by atoms with Gasteiger partial charge in [0.2, 0.25) is 0 Å². The van der Waals surface area contributed by atoms with Gasteiger partial charge in [0.1, 0.15) is 5.69 Å². The Morgan fingerprint density at radius 2 is 2.14 bits per heavy atom. The van der Waals surface area contributed by atoms with E-state index in [4.69, 9.17) is 4.74 Å². The van der Waals surface area contributed by atoms with Gasteiger partial charge in [0.25, 0.3) is 5.91 Å². The quantitative estimate of drug-likeness (QED) is 0.891. The maximum absolute atomic E-state index is 12.5. The number of nitrogens with one attached hydrogen (secondary N) is 2. The number of hydrogen-bond donors (Lipinski definition) is 2. The predicted octanol–water partition coefficient (Wildman–Crippen LogP) is 3.00. The highest BCUT2D eigenvalue weighted by Crippen LogP contribution is 2.26. The molecular weight excluding hydrogens is 264 g/mol. The lowest BCUT2D eigenvalue weighted by atomic mass is 10.1. The Bertz CT molecular complexity index is 682. The molecule has 1 atom stereocenters. The highest BCUT2D eigenvalue weighted by atomic mass is 16.5. The van der Waals surface area contributed by atoms with Crippen molar-refractivity contribution >= 4 is 16.8 Å². The van der Waals surface area contributed by atoms with Gasteiger partial charge >= 0.3 is 0 Å². The van der Waals surface area contributed by atoms with Crippen molar-refractivity contribution in [1.29, 1.82) is 0 Å². The van der Waals surface area contributed by atoms with Gasteiger partial charge in [-0.05, 0) is 50.8 Å². The van der Waals surface area contributed by atoms with E-state index >= 15 is 0 Å². The molecule has 1 aromatic carbocycles. The molecule has 21 heavy (non-hydrogen) atoms. The lowest BCUT2D eigenvalue weighted by molar-refractivity contribution is 0.0622. The SMILES string of the molecule is Cc1cc(C)c2[nH]c(C(=O)N[C@@H]3CCCOC3)c(C)c2c1. The number of rotatable bonds is 2. The van der Waals surface area contributed by atoms with Crippen molar-refractivity contribution in [2.24, 2.45) is 0 Å². The van der Waals surface area contributed by atoms with Crippen LogP contribution in [-0.4, -0.2) is 30.1 Å². The number of carbonyl (C=O) groups is 1. The number of hydrogen-bond acceptors (Lipinski definition) is 2. The van der Waals surface area contributed by atoms with Crippen LogP contribution in [0.15, 0.2) is 12.1 Å². The van der Waals surface area contributed by atoms with E-state index in [-0.39, 0.29) is 11.9 Å². The van der Waals surface area contributed by atoms with Gasteiger partial charge in [0.05, 0.1) is 12.6 Å². The van der Waals surface area contributed by atoms with Crippen LogP contribution in [0.1, 0.15) is 40.0 Å². The van der Waals surface area contributed by atoms with E-state index in [9.17, 15) is 4.79 Å². The number of amides is 1. The van der Waals surface area contributed by atoms with Crippen molar-refractivity contribution < 1.29 is 9.53 Å². The molecule has 4 heteroatoms. The van der Waals surface area contributed by atoms with Gasteiger partial charge in [-0.15, -0.1) is 0 Å². The maximum atomic E-state index is 12.5. The molecule has 4 nitrogen and oxygen atoms in total. The third-order valence-corrected chi connectivity index (χ3v) is 4.23. The minimum absolute atomic E-state index is 0.0312. The van der Waals surface area contributed by atoms with E-state index in [2.05, 4.69) is 36.3 Å². The molecular formula is C17H22N2O2. The molecule has 0 saturated carbocycles. The van der Waals surface area contributed by atoms with Gasteiger partial charge in [-0.1, -0.05) is 11.6 Å². The maximum Gasteiger partial charge on any atom is 0.268 e. The monoisotopic (exact) mass is 286 g/mol. The Labute approximate surface area is 124 Å². The molecule has 112 valence electrons. The standard InChI is InChI=1S/C17H22N2O2/c1-10-7-11(2)15-14(8-10)12(3)16(19-15)17(20)18-13-5-4-6-21-9-13/h7-8,13,19H,4-6,9H2,1-3H3,(H,18,20)/t13-/m1/s1. The molecule has 3 rings (SSSR count). The Kier molecular flexibility index (Phi) is 3.72. The number of ether oxygens (including phenoxy) is 1. The largest absolute Gasteiger partial charge is 0.379 e. The first-order valence-corrected chi connectivity index (χ1v) is 7.54. The van der Waals surface area contributed by atoms with E-state index < -0.39 is 0 Å². The summed E-state index contributed by atoms with van der Waals surface area (Å²) in [7, 11) is 0. The van der Waals surface area contributed by atoms with Crippen molar-refractivity contribution in [3.8, 4) is 0 Å². The number of H-pyrrole nitrogens is 1. The van der Waals surface area contributed by atoms with Crippen molar-refractivity contribution in [3.63, 3.8) is 0 Å². The van der Waals surface area contributed by atoms with Crippen molar-refractivity contribution in [1.82, 2.24) is 10.3 Å². The second-order valence-electron chi connectivity index (χ2n) is 6.02. The predicted molar refractivity (Wildman–Crippen MR) is 83.8 cm³/mol. The molecule has 0 unspecified atom stereocenters. The minimum atomic E-state index is -0.0312. The summed E-state index contributed by atoms with van der Waals surface area (Å²) < 4.78 is 5.42. The lowest BCUT2D eigenvalue weighted by Gasteiger charge is -2.22. The smallest absolute Gasteiger partial charge is 0.268 e. The number of carbonyl (C=O) groups excluding carboxylic acids is 1. The van der Waals surface area contributed by atoms with E-state index in [1.165, 1.54) is 11.1 Å². The van der Waals surface area contributed by atoms with Crippen LogP contribution in [-0.2, 0) is 4.74 Å². The van der Waals surface area contributed by atoms with Gasteiger partial charge in [0, 0.05) is 17.5 Å². The minimum Gasteiger partial charge on any atom is -0.379 e.